The number of nitrogens with zero attached hydrogens (tertiary/aromatic N) is 1. The Morgan fingerprint density at radius 3 is 2.70 bits per heavy atom. The van der Waals surface area contributed by atoms with Crippen molar-refractivity contribution >= 4 is 5.97 Å². The van der Waals surface area contributed by atoms with Gasteiger partial charge in [0.2, 0.25) is 0 Å². The highest BCUT2D eigenvalue weighted by atomic mass is 19.3. The second-order valence-corrected chi connectivity index (χ2v) is 4.86. The fourth-order valence-electron chi connectivity index (χ4n) is 2.46. The van der Waals surface area contributed by atoms with Gasteiger partial charge < -0.3 is 9.84 Å². The van der Waals surface area contributed by atoms with Crippen LogP contribution in [0.25, 0.3) is 0 Å². The van der Waals surface area contributed by atoms with Gasteiger partial charge in [0, 0.05) is 12.6 Å². The van der Waals surface area contributed by atoms with Crippen molar-refractivity contribution in [2.45, 2.75) is 32.0 Å². The maximum Gasteiger partial charge on any atom is 0.345 e. The molecule has 0 saturated carbocycles. The molecule has 1 aliphatic heterocycles. The fraction of sp³-hybridized carbons (Fsp3) is 0.500. The number of carboxylic acids is 1. The van der Waals surface area contributed by atoms with Crippen LogP contribution in [0.15, 0.2) is 24.3 Å². The zero-order valence-corrected chi connectivity index (χ0v) is 11.0. The van der Waals surface area contributed by atoms with Crippen molar-refractivity contribution in [1.82, 2.24) is 4.90 Å². The minimum absolute atomic E-state index is 0.00292. The third-order valence-electron chi connectivity index (χ3n) is 3.50. The van der Waals surface area contributed by atoms with Crippen molar-refractivity contribution in [2.75, 3.05) is 13.2 Å². The summed E-state index contributed by atoms with van der Waals surface area (Å²) in [5, 5.41) is 8.83. The van der Waals surface area contributed by atoms with Crippen molar-refractivity contribution in [3.8, 4) is 0 Å². The van der Waals surface area contributed by atoms with Gasteiger partial charge >= 0.3 is 12.6 Å². The SMILES string of the molecule is O=C(O)c1ccc(CN2CCC[C@H]2COC(F)F)cc1. The van der Waals surface area contributed by atoms with Crippen molar-refractivity contribution in [1.29, 1.82) is 0 Å². The first-order chi connectivity index (χ1) is 9.56. The van der Waals surface area contributed by atoms with Gasteiger partial charge in [-0.05, 0) is 37.1 Å². The number of carbonyl (C=O) groups is 1. The minimum Gasteiger partial charge on any atom is -0.478 e. The Balaban J connectivity index is 1.92. The predicted molar refractivity (Wildman–Crippen MR) is 68.8 cm³/mol. The van der Waals surface area contributed by atoms with Crippen LogP contribution in [0.2, 0.25) is 0 Å². The van der Waals surface area contributed by atoms with Crippen LogP contribution in [0.5, 0.6) is 0 Å². The highest BCUT2D eigenvalue weighted by Crippen LogP contribution is 2.21. The first kappa shape index (κ1) is 14.9. The van der Waals surface area contributed by atoms with E-state index in [0.717, 1.165) is 24.9 Å². The maximum atomic E-state index is 12.1. The van der Waals surface area contributed by atoms with Gasteiger partial charge in [0.25, 0.3) is 0 Å². The molecule has 0 radical (unpaired) electrons. The predicted octanol–water partition coefficient (Wildman–Crippen LogP) is 2.59. The van der Waals surface area contributed by atoms with Crippen LogP contribution in [0.1, 0.15) is 28.8 Å². The Morgan fingerprint density at radius 1 is 1.40 bits per heavy atom. The Morgan fingerprint density at radius 2 is 2.10 bits per heavy atom. The standard InChI is InChI=1S/C14H17F2NO3/c15-14(16)20-9-12-2-1-7-17(12)8-10-3-5-11(6-4-10)13(18)19/h3-6,12,14H,1-2,7-9H2,(H,18,19)/t12-/m0/s1. The van der Waals surface area contributed by atoms with Gasteiger partial charge in [0.15, 0.2) is 0 Å². The molecule has 110 valence electrons. The van der Waals surface area contributed by atoms with E-state index >= 15 is 0 Å². The Bertz CT molecular complexity index is 450. The van der Waals surface area contributed by atoms with E-state index in [0.29, 0.717) is 6.54 Å². The molecule has 1 heterocycles. The third-order valence-corrected chi connectivity index (χ3v) is 3.50. The lowest BCUT2D eigenvalue weighted by molar-refractivity contribution is -0.139. The molecule has 0 bridgehead atoms. The quantitative estimate of drug-likeness (QED) is 0.873. The number of hydrogen-bond donors (Lipinski definition) is 1. The molecule has 1 atom stereocenters. The molecule has 0 spiro atoms. The summed E-state index contributed by atoms with van der Waals surface area (Å²) >= 11 is 0. The number of hydrogen-bond acceptors (Lipinski definition) is 3. The largest absolute Gasteiger partial charge is 0.478 e. The molecular formula is C14H17F2NO3. The van der Waals surface area contributed by atoms with E-state index < -0.39 is 12.6 Å². The zero-order valence-electron chi connectivity index (χ0n) is 11.0. The topological polar surface area (TPSA) is 49.8 Å². The molecular weight excluding hydrogens is 268 g/mol. The van der Waals surface area contributed by atoms with Gasteiger partial charge in [-0.15, -0.1) is 0 Å². The second kappa shape index (κ2) is 6.76. The molecule has 1 saturated heterocycles. The summed E-state index contributed by atoms with van der Waals surface area (Å²) in [6.07, 6.45) is 1.81. The molecule has 6 heteroatoms. The van der Waals surface area contributed by atoms with Crippen LogP contribution in [-0.4, -0.2) is 41.8 Å². The summed E-state index contributed by atoms with van der Waals surface area (Å²) < 4.78 is 28.5. The summed E-state index contributed by atoms with van der Waals surface area (Å²) in [6, 6.07) is 6.62. The summed E-state index contributed by atoms with van der Waals surface area (Å²) in [4.78, 5) is 12.9. The molecule has 1 N–H and O–H groups in total. The Kier molecular flexibility index (Phi) is 5.03. The summed E-state index contributed by atoms with van der Waals surface area (Å²) in [6.45, 7) is -1.23. The number of alkyl halides is 2. The minimum atomic E-state index is -2.73. The van der Waals surface area contributed by atoms with E-state index in [1.807, 2.05) is 0 Å². The van der Waals surface area contributed by atoms with Crippen molar-refractivity contribution in [3.05, 3.63) is 35.4 Å². The molecule has 1 aromatic rings. The lowest BCUT2D eigenvalue weighted by Gasteiger charge is -2.24. The lowest BCUT2D eigenvalue weighted by Crippen LogP contribution is -2.33. The zero-order chi connectivity index (χ0) is 14.5. The van der Waals surface area contributed by atoms with Crippen LogP contribution in [-0.2, 0) is 11.3 Å². The molecule has 1 aromatic carbocycles. The van der Waals surface area contributed by atoms with Gasteiger partial charge in [-0.25, -0.2) is 4.79 Å². The fourth-order valence-corrected chi connectivity index (χ4v) is 2.46. The van der Waals surface area contributed by atoms with Gasteiger partial charge in [-0.2, -0.15) is 8.78 Å². The van der Waals surface area contributed by atoms with Crippen molar-refractivity contribution in [3.63, 3.8) is 0 Å². The van der Waals surface area contributed by atoms with Gasteiger partial charge in [0.1, 0.15) is 0 Å². The van der Waals surface area contributed by atoms with E-state index in [1.165, 1.54) is 0 Å². The number of carboxylic acid groups (broad SMARTS) is 1. The van der Waals surface area contributed by atoms with E-state index in [-0.39, 0.29) is 18.2 Å². The number of benzene rings is 1. The molecule has 2 rings (SSSR count). The Labute approximate surface area is 116 Å². The maximum absolute atomic E-state index is 12.1. The van der Waals surface area contributed by atoms with Gasteiger partial charge in [-0.3, -0.25) is 4.90 Å². The Hall–Kier alpha value is -1.53. The van der Waals surface area contributed by atoms with Crippen LogP contribution >= 0.6 is 0 Å². The van der Waals surface area contributed by atoms with Gasteiger partial charge in [0.05, 0.1) is 12.2 Å². The number of ether oxygens (including phenoxy) is 1. The van der Waals surface area contributed by atoms with E-state index in [9.17, 15) is 13.6 Å². The molecule has 0 unspecified atom stereocenters. The third kappa shape index (κ3) is 3.98. The molecule has 1 aliphatic rings. The first-order valence-corrected chi connectivity index (χ1v) is 6.52. The van der Waals surface area contributed by atoms with E-state index in [4.69, 9.17) is 5.11 Å². The van der Waals surface area contributed by atoms with Crippen LogP contribution in [0.3, 0.4) is 0 Å². The lowest BCUT2D eigenvalue weighted by atomic mass is 10.1. The van der Waals surface area contributed by atoms with Crippen LogP contribution in [0.4, 0.5) is 8.78 Å². The number of likely N-dealkylation sites (tertiary alicyclic amines) is 1. The molecule has 0 aliphatic carbocycles. The summed E-state index contributed by atoms with van der Waals surface area (Å²) in [5.41, 5.74) is 1.21. The average molecular weight is 285 g/mol. The van der Waals surface area contributed by atoms with E-state index in [1.54, 1.807) is 24.3 Å². The van der Waals surface area contributed by atoms with Crippen LogP contribution < -0.4 is 0 Å². The highest BCUT2D eigenvalue weighted by molar-refractivity contribution is 5.87. The summed E-state index contributed by atoms with van der Waals surface area (Å²) in [7, 11) is 0. The number of rotatable bonds is 6. The van der Waals surface area contributed by atoms with Crippen LogP contribution in [0, 0.1) is 0 Å². The summed E-state index contributed by atoms with van der Waals surface area (Å²) in [5.74, 6) is -0.957. The molecule has 0 amide bonds. The number of aromatic carboxylic acids is 1. The average Bonchev–Trinajstić information content (AvgIpc) is 2.84. The highest BCUT2D eigenvalue weighted by Gasteiger charge is 2.25. The van der Waals surface area contributed by atoms with Crippen molar-refractivity contribution < 1.29 is 23.4 Å². The molecule has 0 aromatic heterocycles. The molecule has 1 fully saturated rings. The number of halogens is 2. The molecule has 4 nitrogen and oxygen atoms in total. The van der Waals surface area contributed by atoms with Crippen molar-refractivity contribution in [2.24, 2.45) is 0 Å². The second-order valence-electron chi connectivity index (χ2n) is 4.86. The normalized spacial score (nSPS) is 19.6. The smallest absolute Gasteiger partial charge is 0.345 e. The first-order valence-electron chi connectivity index (χ1n) is 6.52. The van der Waals surface area contributed by atoms with Gasteiger partial charge in [-0.1, -0.05) is 12.1 Å². The molecule has 20 heavy (non-hydrogen) atoms. The monoisotopic (exact) mass is 285 g/mol. The van der Waals surface area contributed by atoms with E-state index in [2.05, 4.69) is 9.64 Å².